The van der Waals surface area contributed by atoms with E-state index in [0.717, 1.165) is 16.7 Å². The molecule has 0 spiro atoms. The highest BCUT2D eigenvalue weighted by Gasteiger charge is 2.31. The standard InChI is InChI=1S/C18H13BrF3NO4/c1-2-26-17(25)16-13(12-7-11(19)4-5-14(12)27-16)9-23-8-10(18(20,21)22)3-6-15(23)24/h3-8H,2,9H2,1H3. The van der Waals surface area contributed by atoms with Gasteiger partial charge in [-0.05, 0) is 31.2 Å². The molecule has 0 atom stereocenters. The fourth-order valence-electron chi connectivity index (χ4n) is 2.63. The van der Waals surface area contributed by atoms with Crippen LogP contribution in [0.25, 0.3) is 11.0 Å². The number of carbonyl (C=O) groups excluding carboxylic acids is 1. The molecule has 0 saturated carbocycles. The molecule has 0 amide bonds. The van der Waals surface area contributed by atoms with E-state index in [1.807, 2.05) is 0 Å². The second-order valence-electron chi connectivity index (χ2n) is 5.65. The number of ether oxygens (including phenoxy) is 1. The highest BCUT2D eigenvalue weighted by molar-refractivity contribution is 9.10. The summed E-state index contributed by atoms with van der Waals surface area (Å²) in [6.07, 6.45) is -3.88. The summed E-state index contributed by atoms with van der Waals surface area (Å²) in [5, 5.41) is 0.497. The van der Waals surface area contributed by atoms with E-state index in [2.05, 4.69) is 15.9 Å². The third-order valence-electron chi connectivity index (χ3n) is 3.85. The lowest BCUT2D eigenvalue weighted by molar-refractivity contribution is -0.138. The molecule has 0 aliphatic heterocycles. The van der Waals surface area contributed by atoms with Gasteiger partial charge in [0.25, 0.3) is 5.56 Å². The Balaban J connectivity index is 2.16. The van der Waals surface area contributed by atoms with Crippen molar-refractivity contribution in [3.63, 3.8) is 0 Å². The Kier molecular flexibility index (Phi) is 5.14. The van der Waals surface area contributed by atoms with Crippen molar-refractivity contribution in [2.24, 2.45) is 0 Å². The summed E-state index contributed by atoms with van der Waals surface area (Å²) >= 11 is 3.31. The average Bonchev–Trinajstić information content (AvgIpc) is 2.94. The number of furan rings is 1. The Hall–Kier alpha value is -2.55. The van der Waals surface area contributed by atoms with Crippen molar-refractivity contribution < 1.29 is 27.1 Å². The highest BCUT2D eigenvalue weighted by atomic mass is 79.9. The van der Waals surface area contributed by atoms with Crippen LogP contribution in [0.5, 0.6) is 0 Å². The second-order valence-corrected chi connectivity index (χ2v) is 6.57. The minimum absolute atomic E-state index is 0.0997. The van der Waals surface area contributed by atoms with Crippen LogP contribution in [0.2, 0.25) is 0 Å². The van der Waals surface area contributed by atoms with Crippen molar-refractivity contribution in [1.29, 1.82) is 0 Å². The summed E-state index contributed by atoms with van der Waals surface area (Å²) in [6, 6.07) is 6.53. The molecule has 0 aliphatic rings. The summed E-state index contributed by atoms with van der Waals surface area (Å²) in [6.45, 7) is 1.44. The van der Waals surface area contributed by atoms with Gasteiger partial charge in [0.05, 0.1) is 18.7 Å². The third kappa shape index (κ3) is 3.92. The number of hydrogen-bond donors (Lipinski definition) is 0. The number of carbonyl (C=O) groups is 1. The molecule has 9 heteroatoms. The predicted octanol–water partition coefficient (Wildman–Crippen LogP) is 4.60. The first-order chi connectivity index (χ1) is 12.7. The molecule has 0 radical (unpaired) electrons. The smallest absolute Gasteiger partial charge is 0.417 e. The molecule has 2 aromatic heterocycles. The molecule has 0 saturated heterocycles. The van der Waals surface area contributed by atoms with Crippen LogP contribution in [0.3, 0.4) is 0 Å². The number of rotatable bonds is 4. The summed E-state index contributed by atoms with van der Waals surface area (Å²) in [5.74, 6) is -0.894. The van der Waals surface area contributed by atoms with Crippen LogP contribution in [-0.4, -0.2) is 17.1 Å². The van der Waals surface area contributed by atoms with E-state index in [4.69, 9.17) is 9.15 Å². The normalized spacial score (nSPS) is 11.7. The number of fused-ring (bicyclic) bond motifs is 1. The lowest BCUT2D eigenvalue weighted by Gasteiger charge is -2.11. The summed E-state index contributed by atoms with van der Waals surface area (Å²) in [4.78, 5) is 24.3. The van der Waals surface area contributed by atoms with E-state index in [0.29, 0.717) is 21.6 Å². The van der Waals surface area contributed by atoms with E-state index in [9.17, 15) is 22.8 Å². The molecule has 142 valence electrons. The predicted molar refractivity (Wildman–Crippen MR) is 94.7 cm³/mol. The van der Waals surface area contributed by atoms with Crippen LogP contribution in [0, 0.1) is 0 Å². The molecule has 0 bridgehead atoms. The maximum atomic E-state index is 13.0. The van der Waals surface area contributed by atoms with Crippen molar-refractivity contribution in [3.05, 3.63) is 68.2 Å². The number of esters is 1. The van der Waals surface area contributed by atoms with Crippen LogP contribution in [0.4, 0.5) is 13.2 Å². The summed E-state index contributed by atoms with van der Waals surface area (Å²) < 4.78 is 51.0. The zero-order valence-electron chi connectivity index (χ0n) is 14.0. The number of alkyl halides is 3. The summed E-state index contributed by atoms with van der Waals surface area (Å²) in [5.41, 5.74) is -0.974. The Labute approximate surface area is 159 Å². The lowest BCUT2D eigenvalue weighted by Crippen LogP contribution is -2.22. The third-order valence-corrected chi connectivity index (χ3v) is 4.35. The van der Waals surface area contributed by atoms with E-state index < -0.39 is 23.3 Å². The Bertz CT molecular complexity index is 1070. The Morgan fingerprint density at radius 3 is 2.67 bits per heavy atom. The van der Waals surface area contributed by atoms with Gasteiger partial charge in [-0.15, -0.1) is 0 Å². The molecule has 27 heavy (non-hydrogen) atoms. The average molecular weight is 444 g/mol. The van der Waals surface area contributed by atoms with Gasteiger partial charge >= 0.3 is 12.1 Å². The van der Waals surface area contributed by atoms with Gasteiger partial charge in [-0.3, -0.25) is 4.79 Å². The van der Waals surface area contributed by atoms with Crippen LogP contribution < -0.4 is 5.56 Å². The van der Waals surface area contributed by atoms with Crippen molar-refractivity contribution in [1.82, 2.24) is 4.57 Å². The number of benzene rings is 1. The summed E-state index contributed by atoms with van der Waals surface area (Å²) in [7, 11) is 0. The molecule has 0 fully saturated rings. The van der Waals surface area contributed by atoms with E-state index in [1.165, 1.54) is 0 Å². The van der Waals surface area contributed by atoms with Gasteiger partial charge in [0.1, 0.15) is 5.58 Å². The van der Waals surface area contributed by atoms with Gasteiger partial charge in [-0.1, -0.05) is 15.9 Å². The first kappa shape index (κ1) is 19.2. The minimum atomic E-state index is -4.60. The molecule has 3 aromatic rings. The molecule has 1 aromatic carbocycles. The molecule has 5 nitrogen and oxygen atoms in total. The first-order valence-corrected chi connectivity index (χ1v) is 8.65. The quantitative estimate of drug-likeness (QED) is 0.552. The maximum absolute atomic E-state index is 13.0. The van der Waals surface area contributed by atoms with E-state index >= 15 is 0 Å². The minimum Gasteiger partial charge on any atom is -0.460 e. The van der Waals surface area contributed by atoms with Crippen LogP contribution >= 0.6 is 15.9 Å². The SMILES string of the molecule is CCOC(=O)c1oc2ccc(Br)cc2c1Cn1cc(C(F)(F)F)ccc1=O. The second kappa shape index (κ2) is 7.22. The number of hydrogen-bond acceptors (Lipinski definition) is 4. The van der Waals surface area contributed by atoms with Gasteiger partial charge in [-0.2, -0.15) is 13.2 Å². The van der Waals surface area contributed by atoms with Crippen molar-refractivity contribution >= 4 is 32.9 Å². The molecular formula is C18H13BrF3NO4. The fourth-order valence-corrected chi connectivity index (χ4v) is 2.99. The van der Waals surface area contributed by atoms with E-state index in [-0.39, 0.29) is 24.5 Å². The van der Waals surface area contributed by atoms with Gasteiger partial charge in [0.15, 0.2) is 0 Å². The van der Waals surface area contributed by atoms with Crippen molar-refractivity contribution in [2.45, 2.75) is 19.6 Å². The topological polar surface area (TPSA) is 61.4 Å². The Morgan fingerprint density at radius 2 is 2.00 bits per heavy atom. The fraction of sp³-hybridized carbons (Fsp3) is 0.222. The number of aromatic nitrogens is 1. The largest absolute Gasteiger partial charge is 0.460 e. The molecule has 2 heterocycles. The lowest BCUT2D eigenvalue weighted by atomic mass is 10.1. The highest BCUT2D eigenvalue weighted by Crippen LogP contribution is 2.31. The monoisotopic (exact) mass is 443 g/mol. The molecule has 0 aliphatic carbocycles. The van der Waals surface area contributed by atoms with Gasteiger partial charge < -0.3 is 13.7 Å². The number of halogens is 4. The zero-order valence-corrected chi connectivity index (χ0v) is 15.6. The Morgan fingerprint density at radius 1 is 1.26 bits per heavy atom. The van der Waals surface area contributed by atoms with Crippen LogP contribution in [0.1, 0.15) is 28.6 Å². The van der Waals surface area contributed by atoms with Gasteiger partial charge in [0.2, 0.25) is 5.76 Å². The van der Waals surface area contributed by atoms with Crippen molar-refractivity contribution in [3.8, 4) is 0 Å². The van der Waals surface area contributed by atoms with Crippen molar-refractivity contribution in [2.75, 3.05) is 6.61 Å². The van der Waals surface area contributed by atoms with Crippen LogP contribution in [-0.2, 0) is 17.5 Å². The first-order valence-electron chi connectivity index (χ1n) is 7.86. The number of pyridine rings is 1. The molecule has 3 rings (SSSR count). The molecule has 0 unspecified atom stereocenters. The number of nitrogens with zero attached hydrogens (tertiary/aromatic N) is 1. The molecule has 0 N–H and O–H groups in total. The van der Waals surface area contributed by atoms with Gasteiger partial charge in [0, 0.05) is 27.7 Å². The molecular weight excluding hydrogens is 431 g/mol. The zero-order chi connectivity index (χ0) is 19.8. The van der Waals surface area contributed by atoms with Crippen LogP contribution in [0.15, 0.2) is 50.2 Å². The van der Waals surface area contributed by atoms with Gasteiger partial charge in [-0.25, -0.2) is 4.79 Å². The van der Waals surface area contributed by atoms with E-state index in [1.54, 1.807) is 25.1 Å². The maximum Gasteiger partial charge on any atom is 0.417 e.